The number of carbonyl (C=O) groups excluding carboxylic acids is 1. The number of aliphatic hydroxyl groups is 1. The molecule has 1 N–H and O–H groups in total. The molecule has 0 aliphatic carbocycles. The molecule has 0 aromatic rings. The molecule has 18 heavy (non-hydrogen) atoms. The topological polar surface area (TPSA) is 92.9 Å². The summed E-state index contributed by atoms with van der Waals surface area (Å²) in [6.45, 7) is 5.23. The number of likely N-dealkylation sites (tertiary alicyclic amines) is 1. The molecule has 0 bridgehead atoms. The Kier molecular flexibility index (Phi) is 4.50. The van der Waals surface area contributed by atoms with E-state index in [-0.39, 0.29) is 25.6 Å². The minimum absolute atomic E-state index is 0.178. The number of aliphatic hydroxyl groups excluding tert-OH is 1. The second kappa shape index (κ2) is 5.51. The van der Waals surface area contributed by atoms with Crippen LogP contribution in [-0.2, 0) is 4.74 Å². The van der Waals surface area contributed by atoms with Crippen LogP contribution in [0.1, 0.15) is 33.6 Å². The van der Waals surface area contributed by atoms with Crippen LogP contribution < -0.4 is 0 Å². The van der Waals surface area contributed by atoms with Crippen molar-refractivity contribution in [3.63, 3.8) is 0 Å². The van der Waals surface area contributed by atoms with Gasteiger partial charge >= 0.3 is 6.09 Å². The Morgan fingerprint density at radius 2 is 2.17 bits per heavy atom. The lowest BCUT2D eigenvalue weighted by atomic mass is 10.1. The quantitative estimate of drug-likeness (QED) is 0.604. The Balaban J connectivity index is 2.60. The summed E-state index contributed by atoms with van der Waals surface area (Å²) < 4.78 is 5.21. The molecule has 0 unspecified atom stereocenters. The minimum atomic E-state index is -0.630. The number of carbonyl (C=O) groups is 1. The zero-order valence-electron chi connectivity index (χ0n) is 11.0. The number of nitrogens with zero attached hydrogens (tertiary/aromatic N) is 2. The fourth-order valence-electron chi connectivity index (χ4n) is 1.96. The van der Waals surface area contributed by atoms with Gasteiger partial charge in [0.25, 0.3) is 0 Å². The van der Waals surface area contributed by atoms with E-state index in [1.165, 1.54) is 4.90 Å². The highest BCUT2D eigenvalue weighted by Gasteiger charge is 2.37. The Labute approximate surface area is 106 Å². The summed E-state index contributed by atoms with van der Waals surface area (Å²) in [6, 6.07) is -0.319. The van der Waals surface area contributed by atoms with Crippen LogP contribution in [0.3, 0.4) is 0 Å². The monoisotopic (exact) mass is 260 g/mol. The SMILES string of the molecule is CC(C)(C)OC(=O)N1C[C@H](O)C[C@H]1CC[N+](=O)[O-]. The average molecular weight is 260 g/mol. The molecule has 104 valence electrons. The maximum atomic E-state index is 11.9. The maximum Gasteiger partial charge on any atom is 0.410 e. The molecule has 1 fully saturated rings. The standard InChI is InChI=1S/C11H20N2O5/c1-11(2,3)18-10(15)12-7-9(14)6-8(12)4-5-13(16)17/h8-9,14H,4-7H2,1-3H3/t8-,9-/m1/s1. The van der Waals surface area contributed by atoms with Gasteiger partial charge in [-0.25, -0.2) is 4.79 Å². The summed E-state index contributed by atoms with van der Waals surface area (Å²) in [6.07, 6.45) is -0.544. The van der Waals surface area contributed by atoms with Gasteiger partial charge < -0.3 is 14.7 Å². The first-order chi connectivity index (χ1) is 8.19. The van der Waals surface area contributed by atoms with E-state index in [0.29, 0.717) is 6.42 Å². The van der Waals surface area contributed by atoms with E-state index >= 15 is 0 Å². The van der Waals surface area contributed by atoms with Gasteiger partial charge in [0.2, 0.25) is 6.54 Å². The van der Waals surface area contributed by atoms with Crippen molar-refractivity contribution >= 4 is 6.09 Å². The van der Waals surface area contributed by atoms with E-state index in [1.54, 1.807) is 20.8 Å². The van der Waals surface area contributed by atoms with Gasteiger partial charge in [0.05, 0.1) is 12.6 Å². The molecule has 1 rings (SSSR count). The van der Waals surface area contributed by atoms with Gasteiger partial charge in [-0.2, -0.15) is 0 Å². The molecule has 0 aromatic heterocycles. The molecular formula is C11H20N2O5. The summed E-state index contributed by atoms with van der Waals surface area (Å²) in [4.78, 5) is 23.2. The molecule has 1 saturated heterocycles. The van der Waals surface area contributed by atoms with Crippen molar-refractivity contribution in [1.82, 2.24) is 4.90 Å². The summed E-state index contributed by atoms with van der Waals surface area (Å²) in [5, 5.41) is 19.9. The minimum Gasteiger partial charge on any atom is -0.444 e. The third-order valence-electron chi connectivity index (χ3n) is 2.67. The lowest BCUT2D eigenvalue weighted by molar-refractivity contribution is -0.481. The second-order valence-electron chi connectivity index (χ2n) is 5.52. The van der Waals surface area contributed by atoms with Gasteiger partial charge in [0.1, 0.15) is 5.60 Å². The van der Waals surface area contributed by atoms with E-state index in [2.05, 4.69) is 0 Å². The summed E-state index contributed by atoms with van der Waals surface area (Å²) in [5.41, 5.74) is -0.613. The molecule has 0 saturated carbocycles. The van der Waals surface area contributed by atoms with Crippen LogP contribution in [0.5, 0.6) is 0 Å². The molecule has 1 aliphatic heterocycles. The zero-order valence-corrected chi connectivity index (χ0v) is 11.0. The first-order valence-corrected chi connectivity index (χ1v) is 5.98. The van der Waals surface area contributed by atoms with Crippen LogP contribution in [0, 0.1) is 10.1 Å². The predicted octanol–water partition coefficient (Wildman–Crippen LogP) is 1.02. The molecule has 1 heterocycles. The summed E-state index contributed by atoms with van der Waals surface area (Å²) in [5.74, 6) is 0. The first-order valence-electron chi connectivity index (χ1n) is 5.98. The van der Waals surface area contributed by atoms with Gasteiger partial charge in [-0.05, 0) is 27.2 Å². The first kappa shape index (κ1) is 14.7. The molecule has 0 spiro atoms. The van der Waals surface area contributed by atoms with Crippen LogP contribution in [0.4, 0.5) is 4.79 Å². The molecule has 2 atom stereocenters. The second-order valence-corrected chi connectivity index (χ2v) is 5.52. The Morgan fingerprint density at radius 1 is 1.56 bits per heavy atom. The van der Waals surface area contributed by atoms with Crippen molar-refractivity contribution in [1.29, 1.82) is 0 Å². The van der Waals surface area contributed by atoms with Crippen molar-refractivity contribution in [2.75, 3.05) is 13.1 Å². The van der Waals surface area contributed by atoms with Crippen LogP contribution in [-0.4, -0.2) is 51.9 Å². The van der Waals surface area contributed by atoms with Crippen molar-refractivity contribution in [2.45, 2.75) is 51.4 Å². The largest absolute Gasteiger partial charge is 0.444 e. The van der Waals surface area contributed by atoms with Crippen molar-refractivity contribution in [3.8, 4) is 0 Å². The normalized spacial score (nSPS) is 24.1. The van der Waals surface area contributed by atoms with Gasteiger partial charge in [0.15, 0.2) is 0 Å². The number of nitro groups is 1. The fraction of sp³-hybridized carbons (Fsp3) is 0.909. The molecule has 1 amide bonds. The molecule has 0 radical (unpaired) electrons. The van der Waals surface area contributed by atoms with Crippen LogP contribution in [0.15, 0.2) is 0 Å². The lowest BCUT2D eigenvalue weighted by Crippen LogP contribution is -2.40. The van der Waals surface area contributed by atoms with Gasteiger partial charge in [-0.3, -0.25) is 10.1 Å². The number of rotatable bonds is 3. The highest BCUT2D eigenvalue weighted by molar-refractivity contribution is 5.69. The highest BCUT2D eigenvalue weighted by atomic mass is 16.6. The van der Waals surface area contributed by atoms with Crippen molar-refractivity contribution in [3.05, 3.63) is 10.1 Å². The zero-order chi connectivity index (χ0) is 13.9. The number of β-amino-alcohol motifs (C(OH)–C–C–N with tert-alkyl or cyclic N) is 1. The van der Waals surface area contributed by atoms with Crippen LogP contribution >= 0.6 is 0 Å². The van der Waals surface area contributed by atoms with E-state index in [9.17, 15) is 20.0 Å². The van der Waals surface area contributed by atoms with Gasteiger partial charge in [0, 0.05) is 17.4 Å². The molecule has 7 nitrogen and oxygen atoms in total. The maximum absolute atomic E-state index is 11.9. The van der Waals surface area contributed by atoms with Crippen LogP contribution in [0.25, 0.3) is 0 Å². The molecule has 1 aliphatic rings. The lowest BCUT2D eigenvalue weighted by Gasteiger charge is -2.27. The van der Waals surface area contributed by atoms with Crippen molar-refractivity contribution in [2.24, 2.45) is 0 Å². The Hall–Kier alpha value is -1.37. The smallest absolute Gasteiger partial charge is 0.410 e. The van der Waals surface area contributed by atoms with E-state index < -0.39 is 22.7 Å². The average Bonchev–Trinajstić information content (AvgIpc) is 2.54. The number of hydrogen-bond donors (Lipinski definition) is 1. The Bertz CT molecular complexity index is 326. The summed E-state index contributed by atoms with van der Waals surface area (Å²) >= 11 is 0. The van der Waals surface area contributed by atoms with E-state index in [4.69, 9.17) is 4.74 Å². The molecule has 7 heteroatoms. The fourth-order valence-corrected chi connectivity index (χ4v) is 1.96. The van der Waals surface area contributed by atoms with Gasteiger partial charge in [-0.1, -0.05) is 0 Å². The Morgan fingerprint density at radius 3 is 2.67 bits per heavy atom. The third kappa shape index (κ3) is 4.48. The van der Waals surface area contributed by atoms with E-state index in [0.717, 1.165) is 0 Å². The predicted molar refractivity (Wildman–Crippen MR) is 63.8 cm³/mol. The third-order valence-corrected chi connectivity index (χ3v) is 2.67. The number of ether oxygens (including phenoxy) is 1. The molecular weight excluding hydrogens is 240 g/mol. The number of amides is 1. The summed E-state index contributed by atoms with van der Waals surface area (Å²) in [7, 11) is 0. The van der Waals surface area contributed by atoms with E-state index in [1.807, 2.05) is 0 Å². The highest BCUT2D eigenvalue weighted by Crippen LogP contribution is 2.23. The van der Waals surface area contributed by atoms with Gasteiger partial charge in [-0.15, -0.1) is 0 Å². The number of hydrogen-bond acceptors (Lipinski definition) is 5. The van der Waals surface area contributed by atoms with Crippen LogP contribution in [0.2, 0.25) is 0 Å². The molecule has 0 aromatic carbocycles. The van der Waals surface area contributed by atoms with Crippen molar-refractivity contribution < 1.29 is 19.6 Å².